The molecule has 0 heterocycles. The van der Waals surface area contributed by atoms with Crippen molar-refractivity contribution in [3.8, 4) is 23.0 Å². The molecule has 2 rings (SSSR count). The van der Waals surface area contributed by atoms with Crippen molar-refractivity contribution in [2.45, 2.75) is 6.04 Å². The minimum atomic E-state index is -1.51. The highest BCUT2D eigenvalue weighted by Gasteiger charge is 2.20. The first-order chi connectivity index (χ1) is 14.7. The van der Waals surface area contributed by atoms with E-state index in [1.807, 2.05) is 0 Å². The third-order valence-electron chi connectivity index (χ3n) is 3.84. The molecule has 0 aliphatic heterocycles. The lowest BCUT2D eigenvalue weighted by atomic mass is 10.2. The zero-order valence-electron chi connectivity index (χ0n) is 15.9. The van der Waals surface area contributed by atoms with Gasteiger partial charge in [-0.25, -0.2) is 9.59 Å². The molecule has 0 bridgehead atoms. The van der Waals surface area contributed by atoms with Crippen molar-refractivity contribution >= 4 is 30.0 Å². The van der Waals surface area contributed by atoms with E-state index in [-0.39, 0.29) is 23.0 Å². The van der Waals surface area contributed by atoms with Crippen LogP contribution in [0.15, 0.2) is 48.6 Å². The van der Waals surface area contributed by atoms with Gasteiger partial charge in [-0.15, -0.1) is 0 Å². The predicted octanol–water partition coefficient (Wildman–Crippen LogP) is 1.35. The second-order valence-corrected chi connectivity index (χ2v) is 6.19. The van der Waals surface area contributed by atoms with Crippen LogP contribution in [-0.4, -0.2) is 56.0 Å². The Labute approximate surface area is 176 Å². The molecule has 0 saturated heterocycles. The van der Waals surface area contributed by atoms with E-state index in [4.69, 9.17) is 4.74 Å². The van der Waals surface area contributed by atoms with Crippen molar-refractivity contribution in [3.05, 3.63) is 59.7 Å². The first-order valence-electron chi connectivity index (χ1n) is 8.76. The summed E-state index contributed by atoms with van der Waals surface area (Å²) >= 11 is 0. The highest BCUT2D eigenvalue weighted by atomic mass is 16.5. The average molecular weight is 429 g/mol. The molecule has 6 N–H and O–H groups in total. The normalized spacial score (nSPS) is 12.0. The van der Waals surface area contributed by atoms with Crippen molar-refractivity contribution in [2.75, 3.05) is 6.61 Å². The molecule has 0 radical (unpaired) electrons. The van der Waals surface area contributed by atoms with Gasteiger partial charge in [0.05, 0.1) is 0 Å². The van der Waals surface area contributed by atoms with E-state index in [0.29, 0.717) is 11.1 Å². The molecule has 0 saturated carbocycles. The summed E-state index contributed by atoms with van der Waals surface area (Å²) in [6.45, 7) is -0.640. The van der Waals surface area contributed by atoms with Gasteiger partial charge in [-0.1, -0.05) is 12.1 Å². The number of carbonyl (C=O) groups excluding carboxylic acids is 2. The first-order valence-corrected chi connectivity index (χ1v) is 8.76. The maximum Gasteiger partial charge on any atom is 0.330 e. The third-order valence-corrected chi connectivity index (χ3v) is 3.84. The number of hydrogen-bond acceptors (Lipinski definition) is 8. The molecule has 2 aromatic rings. The number of hydrogen-bond donors (Lipinski definition) is 6. The molecule has 0 aliphatic rings. The van der Waals surface area contributed by atoms with Gasteiger partial charge in [0.2, 0.25) is 5.91 Å². The summed E-state index contributed by atoms with van der Waals surface area (Å²) in [5.41, 5.74) is 0.773. The van der Waals surface area contributed by atoms with E-state index < -0.39 is 30.5 Å². The molecule has 0 fully saturated rings. The molecule has 1 amide bonds. The van der Waals surface area contributed by atoms with E-state index in [1.54, 1.807) is 0 Å². The van der Waals surface area contributed by atoms with Gasteiger partial charge in [-0.2, -0.15) is 0 Å². The van der Waals surface area contributed by atoms with E-state index in [2.05, 4.69) is 5.32 Å². The van der Waals surface area contributed by atoms with Gasteiger partial charge in [-0.05, 0) is 47.5 Å². The highest BCUT2D eigenvalue weighted by molar-refractivity contribution is 5.94. The smallest absolute Gasteiger partial charge is 0.330 e. The summed E-state index contributed by atoms with van der Waals surface area (Å²) in [5, 5.41) is 48.6. The molecule has 10 heteroatoms. The Morgan fingerprint density at radius 3 is 1.84 bits per heavy atom. The average Bonchev–Trinajstić information content (AvgIpc) is 2.72. The van der Waals surface area contributed by atoms with Gasteiger partial charge in [0.1, 0.15) is 6.61 Å². The Balaban J connectivity index is 1.90. The Morgan fingerprint density at radius 1 is 0.839 bits per heavy atom. The van der Waals surface area contributed by atoms with Gasteiger partial charge in [0.15, 0.2) is 29.0 Å². The van der Waals surface area contributed by atoms with Crippen molar-refractivity contribution in [2.24, 2.45) is 0 Å². The van der Waals surface area contributed by atoms with Crippen LogP contribution in [0, 0.1) is 0 Å². The van der Waals surface area contributed by atoms with Crippen LogP contribution < -0.4 is 5.32 Å². The number of phenols is 4. The number of phenolic OH excluding ortho intramolecular Hbond substituents is 4. The number of aliphatic carboxylic acids is 1. The minimum Gasteiger partial charge on any atom is -0.504 e. The molecule has 0 aromatic heterocycles. The molecular weight excluding hydrogens is 410 g/mol. The Kier molecular flexibility index (Phi) is 7.62. The van der Waals surface area contributed by atoms with Crippen LogP contribution in [0.25, 0.3) is 12.2 Å². The number of amides is 1. The number of carboxylic acid groups (broad SMARTS) is 1. The van der Waals surface area contributed by atoms with Crippen LogP contribution in [-0.2, 0) is 19.1 Å². The van der Waals surface area contributed by atoms with Crippen LogP contribution in [0.3, 0.4) is 0 Å². The number of benzene rings is 2. The molecule has 162 valence electrons. The zero-order chi connectivity index (χ0) is 23.0. The monoisotopic (exact) mass is 429 g/mol. The van der Waals surface area contributed by atoms with Crippen molar-refractivity contribution in [1.82, 2.24) is 5.32 Å². The number of carbonyl (C=O) groups is 3. The standard InChI is InChI=1S/C21H19NO9/c23-15-5-1-12(9-17(15)25)3-7-19(27)22-14(21(29)30)11-31-20(28)8-4-13-2-6-16(24)18(26)10-13/h1-10,14,23-26H,11H2,(H,22,27)(H,29,30)/b7-3-,8-4+. The molecule has 31 heavy (non-hydrogen) atoms. The van der Waals surface area contributed by atoms with Gasteiger partial charge in [-0.3, -0.25) is 4.79 Å². The Hall–Kier alpha value is -4.47. The largest absolute Gasteiger partial charge is 0.504 e. The van der Waals surface area contributed by atoms with Crippen molar-refractivity contribution in [1.29, 1.82) is 0 Å². The second-order valence-electron chi connectivity index (χ2n) is 6.19. The summed E-state index contributed by atoms with van der Waals surface area (Å²) < 4.78 is 4.82. The van der Waals surface area contributed by atoms with E-state index >= 15 is 0 Å². The molecule has 1 atom stereocenters. The Morgan fingerprint density at radius 2 is 1.35 bits per heavy atom. The number of ether oxygens (including phenoxy) is 1. The molecule has 0 aliphatic carbocycles. The maximum absolute atomic E-state index is 11.9. The lowest BCUT2D eigenvalue weighted by Crippen LogP contribution is -2.43. The molecule has 2 aromatic carbocycles. The van der Waals surface area contributed by atoms with Gasteiger partial charge >= 0.3 is 11.9 Å². The topological polar surface area (TPSA) is 174 Å². The molecule has 10 nitrogen and oxygen atoms in total. The van der Waals surface area contributed by atoms with Crippen LogP contribution in [0.2, 0.25) is 0 Å². The number of nitrogens with one attached hydrogen (secondary N) is 1. The fourth-order valence-corrected chi connectivity index (χ4v) is 2.23. The van der Waals surface area contributed by atoms with Gasteiger partial charge in [0.25, 0.3) is 0 Å². The van der Waals surface area contributed by atoms with Crippen LogP contribution in [0.1, 0.15) is 11.1 Å². The van der Waals surface area contributed by atoms with E-state index in [0.717, 1.165) is 12.2 Å². The lowest BCUT2D eigenvalue weighted by molar-refractivity contribution is -0.147. The molecular formula is C21H19NO9. The number of carboxylic acids is 1. The summed E-state index contributed by atoms with van der Waals surface area (Å²) in [4.78, 5) is 35.0. The predicted molar refractivity (Wildman–Crippen MR) is 108 cm³/mol. The molecule has 1 unspecified atom stereocenters. The summed E-state index contributed by atoms with van der Waals surface area (Å²) in [5.74, 6) is -4.51. The third kappa shape index (κ3) is 7.13. The SMILES string of the molecule is O=C(/C=C\c1ccc(O)c(O)c1)NC(COC(=O)/C=C/c1ccc(O)c(O)c1)C(=O)O. The summed E-state index contributed by atoms with van der Waals surface area (Å²) in [7, 11) is 0. The second kappa shape index (κ2) is 10.3. The van der Waals surface area contributed by atoms with E-state index in [9.17, 15) is 39.9 Å². The summed E-state index contributed by atoms with van der Waals surface area (Å²) in [6, 6.07) is 6.20. The number of rotatable bonds is 8. The quantitative estimate of drug-likeness (QED) is 0.206. The number of aromatic hydroxyl groups is 4. The van der Waals surface area contributed by atoms with Crippen LogP contribution >= 0.6 is 0 Å². The Bertz CT molecular complexity index is 1040. The minimum absolute atomic E-state index is 0.323. The van der Waals surface area contributed by atoms with Crippen LogP contribution in [0.5, 0.6) is 23.0 Å². The van der Waals surface area contributed by atoms with Crippen molar-refractivity contribution in [3.63, 3.8) is 0 Å². The van der Waals surface area contributed by atoms with Gasteiger partial charge in [0, 0.05) is 12.2 Å². The molecule has 0 spiro atoms. The summed E-state index contributed by atoms with van der Waals surface area (Å²) in [6.07, 6.45) is 4.57. The van der Waals surface area contributed by atoms with E-state index in [1.165, 1.54) is 48.6 Å². The van der Waals surface area contributed by atoms with Crippen LogP contribution in [0.4, 0.5) is 0 Å². The highest BCUT2D eigenvalue weighted by Crippen LogP contribution is 2.26. The van der Waals surface area contributed by atoms with Crippen molar-refractivity contribution < 1.29 is 44.7 Å². The van der Waals surface area contributed by atoms with Gasteiger partial charge < -0.3 is 35.6 Å². The first kappa shape index (κ1) is 22.8. The number of esters is 1. The fourth-order valence-electron chi connectivity index (χ4n) is 2.23. The maximum atomic E-state index is 11.9. The fraction of sp³-hybridized carbons (Fsp3) is 0.0952. The zero-order valence-corrected chi connectivity index (χ0v) is 15.9. The lowest BCUT2D eigenvalue weighted by Gasteiger charge is -2.12.